The fourth-order valence-electron chi connectivity index (χ4n) is 1.42. The molecule has 1 rings (SSSR count). The van der Waals surface area contributed by atoms with Crippen LogP contribution >= 0.6 is 0 Å². The van der Waals surface area contributed by atoms with Crippen LogP contribution in [0.15, 0.2) is 18.2 Å². The Morgan fingerprint density at radius 2 is 1.62 bits per heavy atom. The zero-order valence-electron chi connectivity index (χ0n) is 8.81. The monoisotopic (exact) mass is 178 g/mol. The lowest BCUT2D eigenvalue weighted by molar-refractivity contribution is 0.519. The lowest BCUT2D eigenvalue weighted by Gasteiger charge is -2.16. The van der Waals surface area contributed by atoms with E-state index in [0.29, 0.717) is 0 Å². The van der Waals surface area contributed by atoms with Crippen molar-refractivity contribution < 1.29 is 0 Å². The highest BCUT2D eigenvalue weighted by molar-refractivity contribution is 5.31. The molecule has 2 nitrogen and oxygen atoms in total. The van der Waals surface area contributed by atoms with Crippen LogP contribution in [-0.2, 0) is 0 Å². The van der Waals surface area contributed by atoms with Crippen molar-refractivity contribution in [2.75, 3.05) is 14.1 Å². The number of rotatable bonds is 3. The van der Waals surface area contributed by atoms with Gasteiger partial charge in [0.2, 0.25) is 0 Å². The van der Waals surface area contributed by atoms with Gasteiger partial charge in [0.25, 0.3) is 0 Å². The second-order valence-corrected chi connectivity index (χ2v) is 3.35. The summed E-state index contributed by atoms with van der Waals surface area (Å²) in [5, 5.41) is 6.41. The molecule has 0 heterocycles. The summed E-state index contributed by atoms with van der Waals surface area (Å²) in [6.07, 6.45) is 0.249. The van der Waals surface area contributed by atoms with Gasteiger partial charge in [0.05, 0.1) is 6.17 Å². The predicted molar refractivity (Wildman–Crippen MR) is 56.8 cm³/mol. The quantitative estimate of drug-likeness (QED) is 0.689. The second kappa shape index (κ2) is 4.40. The molecule has 72 valence electrons. The average molecular weight is 178 g/mol. The van der Waals surface area contributed by atoms with E-state index in [1.54, 1.807) is 0 Å². The van der Waals surface area contributed by atoms with E-state index in [4.69, 9.17) is 0 Å². The van der Waals surface area contributed by atoms with E-state index in [9.17, 15) is 0 Å². The fourth-order valence-corrected chi connectivity index (χ4v) is 1.42. The van der Waals surface area contributed by atoms with Crippen LogP contribution in [0.3, 0.4) is 0 Å². The molecule has 2 heteroatoms. The highest BCUT2D eigenvalue weighted by Crippen LogP contribution is 2.14. The Balaban J connectivity index is 2.95. The van der Waals surface area contributed by atoms with Gasteiger partial charge < -0.3 is 10.6 Å². The van der Waals surface area contributed by atoms with Crippen molar-refractivity contribution in [1.29, 1.82) is 0 Å². The smallest absolute Gasteiger partial charge is 0.0830 e. The summed E-state index contributed by atoms with van der Waals surface area (Å²) in [4.78, 5) is 0. The van der Waals surface area contributed by atoms with Gasteiger partial charge in [0.15, 0.2) is 0 Å². The van der Waals surface area contributed by atoms with Crippen LogP contribution in [-0.4, -0.2) is 14.1 Å². The van der Waals surface area contributed by atoms with Crippen LogP contribution in [0.5, 0.6) is 0 Å². The molecule has 1 aromatic carbocycles. The number of benzene rings is 1. The molecule has 0 aliphatic carbocycles. The van der Waals surface area contributed by atoms with Crippen LogP contribution in [0, 0.1) is 13.8 Å². The van der Waals surface area contributed by atoms with Gasteiger partial charge in [0.1, 0.15) is 0 Å². The highest BCUT2D eigenvalue weighted by atomic mass is 15.1. The lowest BCUT2D eigenvalue weighted by atomic mass is 10.0. The molecular weight excluding hydrogens is 160 g/mol. The van der Waals surface area contributed by atoms with E-state index in [2.05, 4.69) is 42.7 Å². The van der Waals surface area contributed by atoms with Crippen molar-refractivity contribution in [3.8, 4) is 0 Å². The van der Waals surface area contributed by atoms with E-state index in [0.717, 1.165) is 0 Å². The fraction of sp³-hybridized carbons (Fsp3) is 0.455. The van der Waals surface area contributed by atoms with Gasteiger partial charge in [-0.15, -0.1) is 0 Å². The molecule has 0 radical (unpaired) electrons. The van der Waals surface area contributed by atoms with Crippen LogP contribution in [0.25, 0.3) is 0 Å². The standard InChI is InChI=1S/C11H18N2/c1-8-5-6-10(7-9(8)2)11(12-3)13-4/h5-7,11-13H,1-4H3. The van der Waals surface area contributed by atoms with Crippen molar-refractivity contribution in [2.45, 2.75) is 20.0 Å². The largest absolute Gasteiger partial charge is 0.301 e. The number of hydrogen-bond donors (Lipinski definition) is 2. The summed E-state index contributed by atoms with van der Waals surface area (Å²) in [7, 11) is 3.91. The molecule has 0 amide bonds. The first-order valence-corrected chi connectivity index (χ1v) is 4.60. The zero-order chi connectivity index (χ0) is 9.84. The summed E-state index contributed by atoms with van der Waals surface area (Å²) < 4.78 is 0. The first-order chi connectivity index (χ1) is 6.19. The van der Waals surface area contributed by atoms with Gasteiger partial charge in [-0.3, -0.25) is 0 Å². The van der Waals surface area contributed by atoms with Gasteiger partial charge in [-0.1, -0.05) is 18.2 Å². The average Bonchev–Trinajstić information content (AvgIpc) is 2.13. The van der Waals surface area contributed by atoms with E-state index in [1.165, 1.54) is 16.7 Å². The van der Waals surface area contributed by atoms with Gasteiger partial charge in [-0.05, 0) is 44.6 Å². The Morgan fingerprint density at radius 1 is 1.00 bits per heavy atom. The molecule has 0 fully saturated rings. The maximum Gasteiger partial charge on any atom is 0.0830 e. The van der Waals surface area contributed by atoms with Crippen molar-refractivity contribution in [3.05, 3.63) is 34.9 Å². The zero-order valence-corrected chi connectivity index (χ0v) is 8.81. The molecule has 0 unspecified atom stereocenters. The van der Waals surface area contributed by atoms with Gasteiger partial charge in [-0.25, -0.2) is 0 Å². The molecule has 0 saturated heterocycles. The van der Waals surface area contributed by atoms with Crippen molar-refractivity contribution >= 4 is 0 Å². The Labute approximate surface area is 80.4 Å². The third-order valence-corrected chi connectivity index (χ3v) is 2.44. The molecule has 13 heavy (non-hydrogen) atoms. The first-order valence-electron chi connectivity index (χ1n) is 4.60. The van der Waals surface area contributed by atoms with Gasteiger partial charge >= 0.3 is 0 Å². The first kappa shape index (κ1) is 10.2. The van der Waals surface area contributed by atoms with E-state index < -0.39 is 0 Å². The highest BCUT2D eigenvalue weighted by Gasteiger charge is 2.05. The van der Waals surface area contributed by atoms with E-state index >= 15 is 0 Å². The SMILES string of the molecule is CNC(NC)c1ccc(C)c(C)c1. The summed E-state index contributed by atoms with van der Waals surface area (Å²) in [6.45, 7) is 4.27. The minimum atomic E-state index is 0.249. The van der Waals surface area contributed by atoms with E-state index in [1.807, 2.05) is 14.1 Å². The molecule has 0 atom stereocenters. The molecule has 0 spiro atoms. The maximum absolute atomic E-state index is 3.20. The van der Waals surface area contributed by atoms with Crippen molar-refractivity contribution in [2.24, 2.45) is 0 Å². The van der Waals surface area contributed by atoms with Crippen LogP contribution < -0.4 is 10.6 Å². The number of hydrogen-bond acceptors (Lipinski definition) is 2. The van der Waals surface area contributed by atoms with Crippen molar-refractivity contribution in [1.82, 2.24) is 10.6 Å². The summed E-state index contributed by atoms with van der Waals surface area (Å²) in [5.41, 5.74) is 3.97. The minimum absolute atomic E-state index is 0.249. The minimum Gasteiger partial charge on any atom is -0.301 e. The normalized spacial score (nSPS) is 10.8. The predicted octanol–water partition coefficient (Wildman–Crippen LogP) is 1.74. The number of aryl methyl sites for hydroxylation is 2. The summed E-state index contributed by atoms with van der Waals surface area (Å²) >= 11 is 0. The third-order valence-electron chi connectivity index (χ3n) is 2.44. The van der Waals surface area contributed by atoms with Gasteiger partial charge in [-0.2, -0.15) is 0 Å². The van der Waals surface area contributed by atoms with Crippen molar-refractivity contribution in [3.63, 3.8) is 0 Å². The van der Waals surface area contributed by atoms with Crippen LogP contribution in [0.1, 0.15) is 22.9 Å². The molecule has 1 aromatic rings. The molecular formula is C11H18N2. The molecule has 0 aliphatic rings. The molecule has 0 saturated carbocycles. The van der Waals surface area contributed by atoms with Gasteiger partial charge in [0, 0.05) is 0 Å². The van der Waals surface area contributed by atoms with Crippen LogP contribution in [0.4, 0.5) is 0 Å². The lowest BCUT2D eigenvalue weighted by Crippen LogP contribution is -2.28. The summed E-state index contributed by atoms with van der Waals surface area (Å²) in [6, 6.07) is 6.53. The van der Waals surface area contributed by atoms with Crippen LogP contribution in [0.2, 0.25) is 0 Å². The Hall–Kier alpha value is -0.860. The molecule has 0 aliphatic heterocycles. The van der Waals surface area contributed by atoms with E-state index in [-0.39, 0.29) is 6.17 Å². The Kier molecular flexibility index (Phi) is 3.46. The second-order valence-electron chi connectivity index (χ2n) is 3.35. The number of nitrogens with one attached hydrogen (secondary N) is 2. The Morgan fingerprint density at radius 3 is 2.08 bits per heavy atom. The molecule has 0 bridgehead atoms. The maximum atomic E-state index is 3.20. The third kappa shape index (κ3) is 2.29. The molecule has 2 N–H and O–H groups in total. The molecule has 0 aromatic heterocycles. The topological polar surface area (TPSA) is 24.1 Å². The summed E-state index contributed by atoms with van der Waals surface area (Å²) in [5.74, 6) is 0. The Bertz CT molecular complexity index is 277.